The van der Waals surface area contributed by atoms with Crippen LogP contribution in [0, 0.1) is 0 Å². The number of carbonyl (C=O) groups excluding carboxylic acids is 2. The summed E-state index contributed by atoms with van der Waals surface area (Å²) in [5.41, 5.74) is 0.821. The van der Waals surface area contributed by atoms with E-state index in [0.29, 0.717) is 48.6 Å². The molecule has 10 heteroatoms. The van der Waals surface area contributed by atoms with E-state index in [2.05, 4.69) is 4.72 Å². The summed E-state index contributed by atoms with van der Waals surface area (Å²) >= 11 is 0. The van der Waals surface area contributed by atoms with Gasteiger partial charge in [0.15, 0.2) is 11.3 Å². The molecule has 0 fully saturated rings. The van der Waals surface area contributed by atoms with E-state index in [1.165, 1.54) is 18.2 Å². The first-order chi connectivity index (χ1) is 16.2. The Balaban J connectivity index is 2.43. The number of carbonyl (C=O) groups is 2. The molecule has 0 bridgehead atoms. The molecule has 0 unspecified atom stereocenters. The van der Waals surface area contributed by atoms with Gasteiger partial charge in [-0.15, -0.1) is 0 Å². The number of benzene rings is 1. The Morgan fingerprint density at radius 3 is 2.47 bits per heavy atom. The molecule has 1 aromatic heterocycles. The maximum atomic E-state index is 12.8. The van der Waals surface area contributed by atoms with Crippen LogP contribution in [-0.2, 0) is 24.3 Å². The lowest BCUT2D eigenvalue weighted by Gasteiger charge is -2.16. The number of esters is 1. The summed E-state index contributed by atoms with van der Waals surface area (Å²) in [5, 5.41) is 0.349. The molecule has 1 N–H and O–H groups in total. The van der Waals surface area contributed by atoms with Gasteiger partial charge in [-0.05, 0) is 57.9 Å². The number of rotatable bonds is 13. The minimum Gasteiger partial charge on any atom is -0.490 e. The van der Waals surface area contributed by atoms with Crippen molar-refractivity contribution in [1.29, 1.82) is 0 Å². The molecule has 0 saturated heterocycles. The number of nitrogens with one attached hydrogen (secondary N) is 1. The second kappa shape index (κ2) is 12.6. The average molecular weight is 495 g/mol. The highest BCUT2D eigenvalue weighted by Crippen LogP contribution is 2.36. The molecule has 0 aliphatic rings. The van der Waals surface area contributed by atoms with Crippen molar-refractivity contribution >= 4 is 38.4 Å². The summed E-state index contributed by atoms with van der Waals surface area (Å²) in [7, 11) is -3.77. The van der Waals surface area contributed by atoms with Gasteiger partial charge < -0.3 is 18.8 Å². The molecule has 34 heavy (non-hydrogen) atoms. The molecule has 0 radical (unpaired) electrons. The van der Waals surface area contributed by atoms with Gasteiger partial charge in [0.05, 0.1) is 18.1 Å². The molecule has 0 spiro atoms. The summed E-state index contributed by atoms with van der Waals surface area (Å²) in [5.74, 6) is 0.260. The number of ether oxygens (including phenoxy) is 2. The van der Waals surface area contributed by atoms with Crippen LogP contribution in [0.5, 0.6) is 5.75 Å². The predicted molar refractivity (Wildman–Crippen MR) is 130 cm³/mol. The molecule has 0 aliphatic heterocycles. The Bertz CT molecular complexity index is 1130. The largest absolute Gasteiger partial charge is 0.490 e. The second-order valence-corrected chi connectivity index (χ2v) is 9.25. The topological polar surface area (TPSA) is 115 Å². The number of nitrogens with zero attached hydrogens (tertiary/aromatic N) is 1. The van der Waals surface area contributed by atoms with Crippen molar-refractivity contribution in [2.24, 2.45) is 0 Å². The molecule has 188 valence electrons. The van der Waals surface area contributed by atoms with Gasteiger partial charge in [-0.25, -0.2) is 13.1 Å². The number of hydrogen-bond acceptors (Lipinski definition) is 7. The fourth-order valence-electron chi connectivity index (χ4n) is 3.40. The first-order valence-electron chi connectivity index (χ1n) is 11.5. The Morgan fingerprint density at radius 1 is 1.15 bits per heavy atom. The smallest absolute Gasteiger partial charge is 0.305 e. The van der Waals surface area contributed by atoms with Crippen molar-refractivity contribution in [3.05, 3.63) is 30.0 Å². The minimum atomic E-state index is -3.77. The molecule has 0 atom stereocenters. The molecule has 1 aromatic carbocycles. The summed E-state index contributed by atoms with van der Waals surface area (Å²) in [6, 6.07) is 4.59. The summed E-state index contributed by atoms with van der Waals surface area (Å²) in [4.78, 5) is 25.8. The van der Waals surface area contributed by atoms with E-state index in [4.69, 9.17) is 13.9 Å². The van der Waals surface area contributed by atoms with Gasteiger partial charge in [-0.3, -0.25) is 9.59 Å². The Morgan fingerprint density at radius 2 is 1.85 bits per heavy atom. The van der Waals surface area contributed by atoms with Crippen LogP contribution in [0.2, 0.25) is 0 Å². The van der Waals surface area contributed by atoms with E-state index in [1.807, 2.05) is 13.8 Å². The van der Waals surface area contributed by atoms with E-state index in [9.17, 15) is 18.0 Å². The highest BCUT2D eigenvalue weighted by atomic mass is 32.2. The number of fused-ring (bicyclic) bond motifs is 1. The standard InChI is InChI=1S/C24H34N2O7S/c1-6-25-34(29,30)21-13-12-19(32-14-10-11-23(28)31-9-4)24-18(21)16-20(33-24)17(5)15-22(27)26(7-2)8-3/h12-13,15-16,25H,6-11,14H2,1-5H3. The number of likely N-dealkylation sites (N-methyl/N-ethyl adjacent to an activating group) is 1. The minimum absolute atomic E-state index is 0.0566. The normalized spacial score (nSPS) is 12.1. The van der Waals surface area contributed by atoms with E-state index >= 15 is 0 Å². The van der Waals surface area contributed by atoms with E-state index in [1.54, 1.807) is 31.7 Å². The second-order valence-electron chi connectivity index (χ2n) is 7.51. The van der Waals surface area contributed by atoms with Gasteiger partial charge in [0.2, 0.25) is 15.9 Å². The number of sulfonamides is 1. The molecule has 1 amide bonds. The van der Waals surface area contributed by atoms with Crippen LogP contribution in [0.15, 0.2) is 33.6 Å². The van der Waals surface area contributed by atoms with Gasteiger partial charge in [0, 0.05) is 37.5 Å². The zero-order valence-electron chi connectivity index (χ0n) is 20.5. The number of hydrogen-bond donors (Lipinski definition) is 1. The molecular weight excluding hydrogens is 460 g/mol. The quantitative estimate of drug-likeness (QED) is 0.256. The predicted octanol–water partition coefficient (Wildman–Crippen LogP) is 3.72. The van der Waals surface area contributed by atoms with Gasteiger partial charge in [0.1, 0.15) is 5.76 Å². The van der Waals surface area contributed by atoms with Crippen molar-refractivity contribution in [2.45, 2.75) is 52.4 Å². The van der Waals surface area contributed by atoms with Crippen LogP contribution in [-0.4, -0.2) is 58.0 Å². The summed E-state index contributed by atoms with van der Waals surface area (Å²) in [6.07, 6.45) is 2.12. The highest BCUT2D eigenvalue weighted by Gasteiger charge is 2.22. The van der Waals surface area contributed by atoms with Crippen molar-refractivity contribution in [3.8, 4) is 5.75 Å². The molecule has 1 heterocycles. The molecule has 0 saturated carbocycles. The number of allylic oxidation sites excluding steroid dienone is 1. The van der Waals surface area contributed by atoms with Crippen LogP contribution in [0.1, 0.15) is 53.2 Å². The average Bonchev–Trinajstić information content (AvgIpc) is 3.23. The van der Waals surface area contributed by atoms with E-state index in [-0.39, 0.29) is 41.9 Å². The lowest BCUT2D eigenvalue weighted by molar-refractivity contribution is -0.143. The van der Waals surface area contributed by atoms with Crippen LogP contribution in [0.25, 0.3) is 16.5 Å². The van der Waals surface area contributed by atoms with Crippen molar-refractivity contribution < 1.29 is 31.9 Å². The van der Waals surface area contributed by atoms with Crippen molar-refractivity contribution in [1.82, 2.24) is 9.62 Å². The lowest BCUT2D eigenvalue weighted by Crippen LogP contribution is -2.28. The molecule has 9 nitrogen and oxygen atoms in total. The molecule has 2 aromatic rings. The lowest BCUT2D eigenvalue weighted by atomic mass is 10.2. The Hall–Kier alpha value is -2.85. The first kappa shape index (κ1) is 27.4. The van der Waals surface area contributed by atoms with Gasteiger partial charge in [-0.1, -0.05) is 6.92 Å². The van der Waals surface area contributed by atoms with E-state index < -0.39 is 10.0 Å². The summed E-state index contributed by atoms with van der Waals surface area (Å²) in [6.45, 7) is 10.9. The molecule has 2 rings (SSSR count). The van der Waals surface area contributed by atoms with Crippen molar-refractivity contribution in [2.75, 3.05) is 32.8 Å². The van der Waals surface area contributed by atoms with Crippen LogP contribution in [0.3, 0.4) is 0 Å². The Labute approximate surface area is 201 Å². The van der Waals surface area contributed by atoms with E-state index in [0.717, 1.165) is 0 Å². The van der Waals surface area contributed by atoms with Gasteiger partial charge in [-0.2, -0.15) is 0 Å². The van der Waals surface area contributed by atoms with Crippen LogP contribution >= 0.6 is 0 Å². The molecule has 0 aliphatic carbocycles. The van der Waals surface area contributed by atoms with Gasteiger partial charge in [0.25, 0.3) is 0 Å². The third-order valence-electron chi connectivity index (χ3n) is 5.12. The first-order valence-corrected chi connectivity index (χ1v) is 13.0. The highest BCUT2D eigenvalue weighted by molar-refractivity contribution is 7.89. The molecular formula is C24H34N2O7S. The van der Waals surface area contributed by atoms with Crippen LogP contribution < -0.4 is 9.46 Å². The fourth-order valence-corrected chi connectivity index (χ4v) is 4.62. The summed E-state index contributed by atoms with van der Waals surface area (Å²) < 4.78 is 44.7. The Kier molecular flexibility index (Phi) is 10.1. The third kappa shape index (κ3) is 6.83. The fraction of sp³-hybridized carbons (Fsp3) is 0.500. The maximum absolute atomic E-state index is 12.8. The maximum Gasteiger partial charge on any atom is 0.305 e. The number of furan rings is 1. The third-order valence-corrected chi connectivity index (χ3v) is 6.73. The van der Waals surface area contributed by atoms with Crippen LogP contribution in [0.4, 0.5) is 0 Å². The zero-order valence-corrected chi connectivity index (χ0v) is 21.3. The van der Waals surface area contributed by atoms with Gasteiger partial charge >= 0.3 is 5.97 Å². The van der Waals surface area contributed by atoms with Crippen molar-refractivity contribution in [3.63, 3.8) is 0 Å². The monoisotopic (exact) mass is 494 g/mol. The zero-order chi connectivity index (χ0) is 25.3. The SMILES string of the molecule is CCNS(=O)(=O)c1ccc(OCCCC(=O)OCC)c2oc(C(C)=CC(=O)N(CC)CC)cc12. The number of amides is 1.